The van der Waals surface area contributed by atoms with E-state index in [1.807, 2.05) is 45.0 Å². The molecular formula is C22H27ClN2O3. The molecule has 6 heteroatoms. The third kappa shape index (κ3) is 7.24. The minimum atomic E-state index is -0.172. The number of ether oxygens (including phenoxy) is 1. The minimum Gasteiger partial charge on any atom is -0.491 e. The topological polar surface area (TPSA) is 67.4 Å². The fourth-order valence-corrected chi connectivity index (χ4v) is 2.78. The zero-order chi connectivity index (χ0) is 20.5. The molecule has 5 nitrogen and oxygen atoms in total. The highest BCUT2D eigenvalue weighted by Gasteiger charge is 2.10. The average molecular weight is 403 g/mol. The Balaban J connectivity index is 1.70. The van der Waals surface area contributed by atoms with Gasteiger partial charge in [-0.3, -0.25) is 9.59 Å². The van der Waals surface area contributed by atoms with Crippen LogP contribution in [-0.4, -0.2) is 24.5 Å². The number of hydrogen-bond acceptors (Lipinski definition) is 3. The standard InChI is InChI=1S/C22H27ClN2O3/c1-15(2)28-20-12-8-17(9-13-20)16(3)25-21(26)5-4-14-24-22(27)18-6-10-19(23)11-7-18/h6-13,15-16H,4-5,14H2,1-3H3,(H,24,27)(H,25,26). The molecule has 2 N–H and O–H groups in total. The first-order valence-corrected chi connectivity index (χ1v) is 9.82. The van der Waals surface area contributed by atoms with E-state index in [-0.39, 0.29) is 24.0 Å². The van der Waals surface area contributed by atoms with E-state index in [0.717, 1.165) is 11.3 Å². The highest BCUT2D eigenvalue weighted by atomic mass is 35.5. The Bertz CT molecular complexity index is 773. The van der Waals surface area contributed by atoms with Crippen LogP contribution in [0.4, 0.5) is 0 Å². The van der Waals surface area contributed by atoms with Crippen molar-refractivity contribution in [2.75, 3.05) is 6.54 Å². The van der Waals surface area contributed by atoms with Gasteiger partial charge in [-0.05, 0) is 69.2 Å². The summed E-state index contributed by atoms with van der Waals surface area (Å²) in [4.78, 5) is 24.1. The van der Waals surface area contributed by atoms with E-state index >= 15 is 0 Å². The van der Waals surface area contributed by atoms with Gasteiger partial charge in [0.05, 0.1) is 12.1 Å². The molecule has 0 saturated carbocycles. The Morgan fingerprint density at radius 1 is 1.00 bits per heavy atom. The van der Waals surface area contributed by atoms with E-state index in [1.54, 1.807) is 24.3 Å². The second-order valence-electron chi connectivity index (χ2n) is 6.89. The molecular weight excluding hydrogens is 376 g/mol. The van der Waals surface area contributed by atoms with Gasteiger partial charge in [0.2, 0.25) is 5.91 Å². The zero-order valence-corrected chi connectivity index (χ0v) is 17.3. The maximum Gasteiger partial charge on any atom is 0.251 e. The molecule has 28 heavy (non-hydrogen) atoms. The first-order valence-electron chi connectivity index (χ1n) is 9.45. The molecule has 0 aliphatic heterocycles. The van der Waals surface area contributed by atoms with Gasteiger partial charge in [-0.25, -0.2) is 0 Å². The number of rotatable bonds is 9. The van der Waals surface area contributed by atoms with Crippen LogP contribution in [0.5, 0.6) is 5.75 Å². The van der Waals surface area contributed by atoms with Gasteiger partial charge in [0.25, 0.3) is 5.91 Å². The van der Waals surface area contributed by atoms with Gasteiger partial charge in [-0.15, -0.1) is 0 Å². The maximum atomic E-state index is 12.1. The largest absolute Gasteiger partial charge is 0.491 e. The molecule has 0 radical (unpaired) electrons. The van der Waals surface area contributed by atoms with E-state index < -0.39 is 0 Å². The number of carbonyl (C=O) groups is 2. The SMILES string of the molecule is CC(C)Oc1ccc(C(C)NC(=O)CCCNC(=O)c2ccc(Cl)cc2)cc1. The lowest BCUT2D eigenvalue weighted by Gasteiger charge is -2.16. The molecule has 0 aliphatic rings. The fourth-order valence-electron chi connectivity index (χ4n) is 2.66. The van der Waals surface area contributed by atoms with Crippen LogP contribution in [0.25, 0.3) is 0 Å². The quantitative estimate of drug-likeness (QED) is 0.606. The van der Waals surface area contributed by atoms with Crippen molar-refractivity contribution in [3.05, 3.63) is 64.7 Å². The predicted octanol–water partition coefficient (Wildman–Crippen LogP) is 4.51. The molecule has 0 spiro atoms. The molecule has 0 heterocycles. The summed E-state index contributed by atoms with van der Waals surface area (Å²) >= 11 is 5.81. The van der Waals surface area contributed by atoms with Crippen LogP contribution in [0.3, 0.4) is 0 Å². The van der Waals surface area contributed by atoms with Crippen LogP contribution in [-0.2, 0) is 4.79 Å². The second kappa shape index (κ2) is 10.7. The lowest BCUT2D eigenvalue weighted by molar-refractivity contribution is -0.121. The van der Waals surface area contributed by atoms with Crippen molar-refractivity contribution in [2.24, 2.45) is 0 Å². The lowest BCUT2D eigenvalue weighted by Crippen LogP contribution is -2.29. The predicted molar refractivity (Wildman–Crippen MR) is 112 cm³/mol. The van der Waals surface area contributed by atoms with Crippen LogP contribution in [0.2, 0.25) is 5.02 Å². The molecule has 150 valence electrons. The monoisotopic (exact) mass is 402 g/mol. The summed E-state index contributed by atoms with van der Waals surface area (Å²) < 4.78 is 5.62. The van der Waals surface area contributed by atoms with Gasteiger partial charge >= 0.3 is 0 Å². The summed E-state index contributed by atoms with van der Waals surface area (Å²) in [6.45, 7) is 6.34. The average Bonchev–Trinajstić information content (AvgIpc) is 2.65. The van der Waals surface area contributed by atoms with Crippen molar-refractivity contribution < 1.29 is 14.3 Å². The number of halogens is 1. The van der Waals surface area contributed by atoms with Gasteiger partial charge in [-0.2, -0.15) is 0 Å². The van der Waals surface area contributed by atoms with Crippen LogP contribution < -0.4 is 15.4 Å². The number of nitrogens with one attached hydrogen (secondary N) is 2. The van der Waals surface area contributed by atoms with E-state index in [0.29, 0.717) is 30.0 Å². The summed E-state index contributed by atoms with van der Waals surface area (Å²) in [5, 5.41) is 6.37. The third-order valence-corrected chi connectivity index (χ3v) is 4.35. The van der Waals surface area contributed by atoms with Gasteiger partial charge in [0, 0.05) is 23.6 Å². The Kier molecular flexibility index (Phi) is 8.33. The number of amides is 2. The number of carbonyl (C=O) groups excluding carboxylic acids is 2. The van der Waals surface area contributed by atoms with Crippen molar-refractivity contribution in [2.45, 2.75) is 45.8 Å². The van der Waals surface area contributed by atoms with E-state index in [4.69, 9.17) is 16.3 Å². The van der Waals surface area contributed by atoms with Crippen molar-refractivity contribution >= 4 is 23.4 Å². The number of benzene rings is 2. The summed E-state index contributed by atoms with van der Waals surface area (Å²) in [5.41, 5.74) is 1.56. The van der Waals surface area contributed by atoms with Crippen LogP contribution in [0, 0.1) is 0 Å². The lowest BCUT2D eigenvalue weighted by atomic mass is 10.1. The van der Waals surface area contributed by atoms with Gasteiger partial charge in [0.1, 0.15) is 5.75 Å². The Hall–Kier alpha value is -2.53. The molecule has 0 bridgehead atoms. The minimum absolute atomic E-state index is 0.0456. The van der Waals surface area contributed by atoms with Crippen molar-refractivity contribution in [3.63, 3.8) is 0 Å². The first kappa shape index (κ1) is 21.8. The summed E-state index contributed by atoms with van der Waals surface area (Å²) in [7, 11) is 0. The molecule has 2 rings (SSSR count). The van der Waals surface area contributed by atoms with Crippen LogP contribution in [0.1, 0.15) is 55.6 Å². The molecule has 2 aromatic rings. The fraction of sp³-hybridized carbons (Fsp3) is 0.364. The molecule has 1 unspecified atom stereocenters. The normalized spacial score (nSPS) is 11.8. The highest BCUT2D eigenvalue weighted by Crippen LogP contribution is 2.18. The van der Waals surface area contributed by atoms with Gasteiger partial charge in [-0.1, -0.05) is 23.7 Å². The van der Waals surface area contributed by atoms with Crippen molar-refractivity contribution in [1.82, 2.24) is 10.6 Å². The Morgan fingerprint density at radius 3 is 2.25 bits per heavy atom. The molecule has 0 aliphatic carbocycles. The molecule has 0 saturated heterocycles. The summed E-state index contributed by atoms with van der Waals surface area (Å²) in [6.07, 6.45) is 1.04. The smallest absolute Gasteiger partial charge is 0.251 e. The third-order valence-electron chi connectivity index (χ3n) is 4.10. The van der Waals surface area contributed by atoms with Crippen molar-refractivity contribution in [3.8, 4) is 5.75 Å². The van der Waals surface area contributed by atoms with Crippen LogP contribution in [0.15, 0.2) is 48.5 Å². The second-order valence-corrected chi connectivity index (χ2v) is 7.33. The molecule has 0 aromatic heterocycles. The van der Waals surface area contributed by atoms with Crippen molar-refractivity contribution in [1.29, 1.82) is 0 Å². The molecule has 2 aromatic carbocycles. The van der Waals surface area contributed by atoms with E-state index in [9.17, 15) is 9.59 Å². The van der Waals surface area contributed by atoms with E-state index in [2.05, 4.69) is 10.6 Å². The maximum absolute atomic E-state index is 12.1. The zero-order valence-electron chi connectivity index (χ0n) is 16.5. The Labute approximate surface area is 171 Å². The molecule has 1 atom stereocenters. The summed E-state index contributed by atoms with van der Waals surface area (Å²) in [5.74, 6) is 0.596. The van der Waals surface area contributed by atoms with Gasteiger partial charge in [0.15, 0.2) is 0 Å². The molecule has 0 fully saturated rings. The number of hydrogen-bond donors (Lipinski definition) is 2. The Morgan fingerprint density at radius 2 is 1.64 bits per heavy atom. The van der Waals surface area contributed by atoms with Crippen LogP contribution >= 0.6 is 11.6 Å². The van der Waals surface area contributed by atoms with E-state index in [1.165, 1.54) is 0 Å². The van der Waals surface area contributed by atoms with Gasteiger partial charge < -0.3 is 15.4 Å². The summed E-state index contributed by atoms with van der Waals surface area (Å²) in [6, 6.07) is 14.3. The first-order chi connectivity index (χ1) is 13.3. The molecule has 2 amide bonds. The highest BCUT2D eigenvalue weighted by molar-refractivity contribution is 6.30.